The van der Waals surface area contributed by atoms with Crippen LogP contribution in [0.4, 0.5) is 0 Å². The molecule has 0 aliphatic rings. The van der Waals surface area contributed by atoms with Crippen molar-refractivity contribution in [3.8, 4) is 0 Å². The standard InChI is InChI=1S/C9H11S/c1-8(2)10-9-6-4-3-5-7-9/h3-4,6-8H,1-2H3. The van der Waals surface area contributed by atoms with Gasteiger partial charge in [-0.2, -0.15) is 0 Å². The van der Waals surface area contributed by atoms with Crippen molar-refractivity contribution in [1.29, 1.82) is 0 Å². The lowest BCUT2D eigenvalue weighted by Crippen LogP contribution is -1.84. The summed E-state index contributed by atoms with van der Waals surface area (Å²) >= 11 is 1.87. The quantitative estimate of drug-likeness (QED) is 0.585. The van der Waals surface area contributed by atoms with Gasteiger partial charge in [0.15, 0.2) is 0 Å². The molecular formula is C9H11S. The van der Waals surface area contributed by atoms with Crippen molar-refractivity contribution in [2.75, 3.05) is 0 Å². The highest BCUT2D eigenvalue weighted by Gasteiger charge is 1.94. The van der Waals surface area contributed by atoms with E-state index in [4.69, 9.17) is 0 Å². The molecule has 1 aromatic carbocycles. The van der Waals surface area contributed by atoms with Crippen LogP contribution in [0.1, 0.15) is 13.8 Å². The molecule has 0 aliphatic heterocycles. The number of hydrogen-bond acceptors (Lipinski definition) is 1. The molecule has 10 heavy (non-hydrogen) atoms. The van der Waals surface area contributed by atoms with E-state index in [9.17, 15) is 0 Å². The third kappa shape index (κ3) is 2.44. The minimum Gasteiger partial charge on any atom is -0.123 e. The van der Waals surface area contributed by atoms with Gasteiger partial charge in [-0.3, -0.25) is 0 Å². The highest BCUT2D eigenvalue weighted by atomic mass is 32.2. The zero-order valence-corrected chi connectivity index (χ0v) is 7.11. The van der Waals surface area contributed by atoms with Gasteiger partial charge >= 0.3 is 0 Å². The first-order valence-electron chi connectivity index (χ1n) is 3.42. The molecule has 0 unspecified atom stereocenters. The number of thioether (sulfide) groups is 1. The monoisotopic (exact) mass is 151 g/mol. The molecule has 0 saturated heterocycles. The van der Waals surface area contributed by atoms with Crippen LogP contribution in [0.5, 0.6) is 0 Å². The number of benzene rings is 1. The first-order chi connectivity index (χ1) is 4.79. The van der Waals surface area contributed by atoms with Crippen molar-refractivity contribution in [3.63, 3.8) is 0 Å². The summed E-state index contributed by atoms with van der Waals surface area (Å²) in [6.45, 7) is 4.38. The molecular weight excluding hydrogens is 140 g/mol. The number of rotatable bonds is 2. The molecule has 0 fully saturated rings. The zero-order valence-electron chi connectivity index (χ0n) is 6.29. The van der Waals surface area contributed by atoms with Crippen LogP contribution < -0.4 is 0 Å². The fourth-order valence-electron chi connectivity index (χ4n) is 0.722. The molecule has 0 heterocycles. The van der Waals surface area contributed by atoms with Crippen LogP contribution in [0, 0.1) is 6.07 Å². The fraction of sp³-hybridized carbons (Fsp3) is 0.333. The second-order valence-electron chi connectivity index (χ2n) is 2.41. The Balaban J connectivity index is 2.59. The van der Waals surface area contributed by atoms with Crippen LogP contribution in [0.2, 0.25) is 0 Å². The normalized spacial score (nSPS) is 10.3. The number of hydrogen-bond donors (Lipinski definition) is 0. The van der Waals surface area contributed by atoms with Gasteiger partial charge in [0.2, 0.25) is 0 Å². The second-order valence-corrected chi connectivity index (χ2v) is 4.06. The van der Waals surface area contributed by atoms with Crippen molar-refractivity contribution < 1.29 is 0 Å². The SMILES string of the molecule is CC(C)Sc1c[c]ccc1. The largest absolute Gasteiger partial charge is 0.123 e. The molecule has 0 aromatic heterocycles. The predicted octanol–water partition coefficient (Wildman–Crippen LogP) is 2.99. The van der Waals surface area contributed by atoms with Crippen molar-refractivity contribution in [1.82, 2.24) is 0 Å². The van der Waals surface area contributed by atoms with E-state index in [1.165, 1.54) is 4.90 Å². The van der Waals surface area contributed by atoms with E-state index < -0.39 is 0 Å². The van der Waals surface area contributed by atoms with Crippen molar-refractivity contribution in [3.05, 3.63) is 30.3 Å². The second kappa shape index (κ2) is 3.67. The molecule has 53 valence electrons. The van der Waals surface area contributed by atoms with E-state index in [0.717, 1.165) is 0 Å². The summed E-state index contributed by atoms with van der Waals surface area (Å²) in [6.07, 6.45) is 0. The maximum Gasteiger partial charge on any atom is 0.00807 e. The molecule has 0 bridgehead atoms. The van der Waals surface area contributed by atoms with Gasteiger partial charge in [0.05, 0.1) is 0 Å². The first-order valence-corrected chi connectivity index (χ1v) is 4.30. The third-order valence-corrected chi connectivity index (χ3v) is 2.05. The molecule has 0 aliphatic carbocycles. The fourth-order valence-corrected chi connectivity index (χ4v) is 1.56. The Morgan fingerprint density at radius 3 is 2.80 bits per heavy atom. The summed E-state index contributed by atoms with van der Waals surface area (Å²) < 4.78 is 0. The van der Waals surface area contributed by atoms with E-state index in [0.29, 0.717) is 5.25 Å². The minimum atomic E-state index is 0.663. The highest BCUT2D eigenvalue weighted by molar-refractivity contribution is 7.99. The van der Waals surface area contributed by atoms with Crippen LogP contribution in [0.3, 0.4) is 0 Å². The topological polar surface area (TPSA) is 0 Å². The van der Waals surface area contributed by atoms with Gasteiger partial charge in [0.1, 0.15) is 0 Å². The Morgan fingerprint density at radius 1 is 1.50 bits per heavy atom. The Bertz CT molecular complexity index is 179. The van der Waals surface area contributed by atoms with Gasteiger partial charge in [-0.25, -0.2) is 0 Å². The van der Waals surface area contributed by atoms with Crippen molar-refractivity contribution in [2.24, 2.45) is 0 Å². The molecule has 1 radical (unpaired) electrons. The first kappa shape index (κ1) is 7.67. The average Bonchev–Trinajstić information content (AvgIpc) is 1.88. The lowest BCUT2D eigenvalue weighted by molar-refractivity contribution is 1.11. The van der Waals surface area contributed by atoms with Gasteiger partial charge < -0.3 is 0 Å². The Morgan fingerprint density at radius 2 is 2.30 bits per heavy atom. The van der Waals surface area contributed by atoms with Crippen LogP contribution in [-0.4, -0.2) is 5.25 Å². The van der Waals surface area contributed by atoms with E-state index >= 15 is 0 Å². The Hall–Kier alpha value is -0.430. The molecule has 0 amide bonds. The summed E-state index contributed by atoms with van der Waals surface area (Å²) in [5.41, 5.74) is 0. The average molecular weight is 151 g/mol. The maximum atomic E-state index is 3.05. The van der Waals surface area contributed by atoms with Crippen LogP contribution in [0.25, 0.3) is 0 Å². The molecule has 0 N–H and O–H groups in total. The van der Waals surface area contributed by atoms with Crippen LogP contribution in [-0.2, 0) is 0 Å². The van der Waals surface area contributed by atoms with E-state index in [1.807, 2.05) is 30.0 Å². The van der Waals surface area contributed by atoms with Gasteiger partial charge in [-0.1, -0.05) is 26.0 Å². The molecule has 0 atom stereocenters. The lowest BCUT2D eigenvalue weighted by Gasteiger charge is -2.02. The maximum absolute atomic E-state index is 3.05. The van der Waals surface area contributed by atoms with E-state index in [-0.39, 0.29) is 0 Å². The smallest absolute Gasteiger partial charge is 0.00807 e. The van der Waals surface area contributed by atoms with Crippen molar-refractivity contribution in [2.45, 2.75) is 24.0 Å². The lowest BCUT2D eigenvalue weighted by atomic mass is 10.4. The van der Waals surface area contributed by atoms with Gasteiger partial charge in [0, 0.05) is 10.1 Å². The van der Waals surface area contributed by atoms with Gasteiger partial charge in [-0.05, 0) is 18.2 Å². The summed E-state index contributed by atoms with van der Waals surface area (Å²) in [7, 11) is 0. The van der Waals surface area contributed by atoms with Gasteiger partial charge in [0.25, 0.3) is 0 Å². The summed E-state index contributed by atoms with van der Waals surface area (Å²) in [5, 5.41) is 0.663. The van der Waals surface area contributed by atoms with Crippen molar-refractivity contribution >= 4 is 11.8 Å². The molecule has 1 aromatic rings. The zero-order chi connectivity index (χ0) is 7.40. The molecule has 0 nitrogen and oxygen atoms in total. The molecule has 1 heteroatoms. The molecule has 1 rings (SSSR count). The van der Waals surface area contributed by atoms with Gasteiger partial charge in [-0.15, -0.1) is 11.8 Å². The Labute approximate surface area is 66.6 Å². The van der Waals surface area contributed by atoms with Crippen LogP contribution in [0.15, 0.2) is 29.2 Å². The third-order valence-electron chi connectivity index (χ3n) is 1.05. The molecule has 0 spiro atoms. The summed E-state index contributed by atoms with van der Waals surface area (Å²) in [4.78, 5) is 1.30. The Kier molecular flexibility index (Phi) is 2.82. The summed E-state index contributed by atoms with van der Waals surface area (Å²) in [6, 6.07) is 11.1. The molecule has 0 saturated carbocycles. The van der Waals surface area contributed by atoms with E-state index in [1.54, 1.807) is 0 Å². The van der Waals surface area contributed by atoms with E-state index in [2.05, 4.69) is 26.0 Å². The highest BCUT2D eigenvalue weighted by Crippen LogP contribution is 2.21. The van der Waals surface area contributed by atoms with Crippen LogP contribution >= 0.6 is 11.8 Å². The summed E-state index contributed by atoms with van der Waals surface area (Å²) in [5.74, 6) is 0. The predicted molar refractivity (Wildman–Crippen MR) is 46.3 cm³/mol. The minimum absolute atomic E-state index is 0.663.